The van der Waals surface area contributed by atoms with Crippen LogP contribution in [0.2, 0.25) is 0 Å². The fourth-order valence-corrected chi connectivity index (χ4v) is 1.97. The molecular formula is C17H16N2O3. The first-order chi connectivity index (χ1) is 10.6. The van der Waals surface area contributed by atoms with Gasteiger partial charge in [-0.25, -0.2) is 0 Å². The molecule has 0 aliphatic rings. The van der Waals surface area contributed by atoms with Gasteiger partial charge in [-0.2, -0.15) is 0 Å². The summed E-state index contributed by atoms with van der Waals surface area (Å²) in [5.74, 6) is -0.331. The van der Waals surface area contributed by atoms with Crippen LogP contribution in [0.4, 0.5) is 11.4 Å². The SMILES string of the molecule is CCc1ccc(NC(=O)/C=C/c2ccccc2[N+](=O)[O-])cc1. The van der Waals surface area contributed by atoms with Crippen LogP contribution in [-0.4, -0.2) is 10.8 Å². The van der Waals surface area contributed by atoms with E-state index in [1.807, 2.05) is 24.3 Å². The van der Waals surface area contributed by atoms with Crippen molar-refractivity contribution in [2.75, 3.05) is 5.32 Å². The zero-order valence-electron chi connectivity index (χ0n) is 12.2. The molecule has 0 radical (unpaired) electrons. The molecule has 0 unspecified atom stereocenters. The predicted octanol–water partition coefficient (Wildman–Crippen LogP) is 3.81. The minimum Gasteiger partial charge on any atom is -0.323 e. The fourth-order valence-electron chi connectivity index (χ4n) is 1.97. The van der Waals surface area contributed by atoms with Gasteiger partial charge in [0.15, 0.2) is 0 Å². The van der Waals surface area contributed by atoms with Crippen molar-refractivity contribution in [3.63, 3.8) is 0 Å². The summed E-state index contributed by atoms with van der Waals surface area (Å²) in [6, 6.07) is 13.8. The lowest BCUT2D eigenvalue weighted by molar-refractivity contribution is -0.385. The van der Waals surface area contributed by atoms with E-state index in [1.165, 1.54) is 23.8 Å². The van der Waals surface area contributed by atoms with Gasteiger partial charge in [0.1, 0.15) is 0 Å². The maximum absolute atomic E-state index is 11.9. The van der Waals surface area contributed by atoms with E-state index in [9.17, 15) is 14.9 Å². The molecule has 2 aromatic rings. The van der Waals surface area contributed by atoms with Gasteiger partial charge in [-0.1, -0.05) is 31.2 Å². The lowest BCUT2D eigenvalue weighted by Crippen LogP contribution is -2.07. The van der Waals surface area contributed by atoms with Crippen molar-refractivity contribution < 1.29 is 9.72 Å². The highest BCUT2D eigenvalue weighted by molar-refractivity contribution is 6.02. The molecule has 0 atom stereocenters. The number of amides is 1. The number of hydrogen-bond acceptors (Lipinski definition) is 3. The summed E-state index contributed by atoms with van der Waals surface area (Å²) < 4.78 is 0. The minimum absolute atomic E-state index is 0.0288. The Bertz CT molecular complexity index is 706. The minimum atomic E-state index is -0.471. The van der Waals surface area contributed by atoms with Crippen molar-refractivity contribution in [1.82, 2.24) is 0 Å². The molecule has 0 aliphatic heterocycles. The summed E-state index contributed by atoms with van der Waals surface area (Å²) in [6.07, 6.45) is 3.66. The molecule has 0 spiro atoms. The van der Waals surface area contributed by atoms with Crippen LogP contribution in [0.3, 0.4) is 0 Å². The van der Waals surface area contributed by atoms with Gasteiger partial charge < -0.3 is 5.32 Å². The summed E-state index contributed by atoms with van der Waals surface area (Å²) in [6.45, 7) is 2.06. The molecule has 1 N–H and O–H groups in total. The Labute approximate surface area is 128 Å². The summed E-state index contributed by atoms with van der Waals surface area (Å²) in [7, 11) is 0. The first-order valence-electron chi connectivity index (χ1n) is 6.91. The number of benzene rings is 2. The van der Waals surface area contributed by atoms with Crippen LogP contribution in [0.25, 0.3) is 6.08 Å². The Morgan fingerprint density at radius 1 is 1.18 bits per heavy atom. The van der Waals surface area contributed by atoms with E-state index in [0.29, 0.717) is 11.3 Å². The van der Waals surface area contributed by atoms with Crippen molar-refractivity contribution in [1.29, 1.82) is 0 Å². The Morgan fingerprint density at radius 2 is 1.86 bits per heavy atom. The molecule has 0 aliphatic carbocycles. The molecular weight excluding hydrogens is 280 g/mol. The molecule has 22 heavy (non-hydrogen) atoms. The van der Waals surface area contributed by atoms with E-state index in [1.54, 1.807) is 18.2 Å². The molecule has 0 fully saturated rings. The van der Waals surface area contributed by atoms with Crippen molar-refractivity contribution >= 4 is 23.4 Å². The molecule has 112 valence electrons. The zero-order chi connectivity index (χ0) is 15.9. The second kappa shape index (κ2) is 7.17. The molecule has 5 heteroatoms. The molecule has 5 nitrogen and oxygen atoms in total. The van der Waals surface area contributed by atoms with Crippen molar-refractivity contribution in [2.24, 2.45) is 0 Å². The van der Waals surface area contributed by atoms with Gasteiger partial charge in [-0.15, -0.1) is 0 Å². The summed E-state index contributed by atoms with van der Waals surface area (Å²) in [4.78, 5) is 22.3. The van der Waals surface area contributed by atoms with Crippen molar-refractivity contribution in [2.45, 2.75) is 13.3 Å². The number of carbonyl (C=O) groups is 1. The predicted molar refractivity (Wildman–Crippen MR) is 86.6 cm³/mol. The van der Waals surface area contributed by atoms with Crippen LogP contribution in [0.15, 0.2) is 54.6 Å². The number of carbonyl (C=O) groups excluding carboxylic acids is 1. The number of para-hydroxylation sites is 1. The number of nitro benzene ring substituents is 1. The lowest BCUT2D eigenvalue weighted by atomic mass is 10.1. The average Bonchev–Trinajstić information content (AvgIpc) is 2.54. The third-order valence-corrected chi connectivity index (χ3v) is 3.18. The molecule has 2 rings (SSSR count). The summed E-state index contributed by atoms with van der Waals surface area (Å²) in [5.41, 5.74) is 2.24. The van der Waals surface area contributed by atoms with Gasteiger partial charge in [0.2, 0.25) is 5.91 Å². The molecule has 0 heterocycles. The van der Waals surface area contributed by atoms with Crippen molar-refractivity contribution in [3.8, 4) is 0 Å². The smallest absolute Gasteiger partial charge is 0.276 e. The second-order valence-corrected chi connectivity index (χ2v) is 4.69. The number of nitro groups is 1. The monoisotopic (exact) mass is 296 g/mol. The molecule has 0 aromatic heterocycles. The third-order valence-electron chi connectivity index (χ3n) is 3.18. The second-order valence-electron chi connectivity index (χ2n) is 4.69. The lowest BCUT2D eigenvalue weighted by Gasteiger charge is -2.03. The number of hydrogen-bond donors (Lipinski definition) is 1. The molecule has 1 amide bonds. The van der Waals surface area contributed by atoms with E-state index < -0.39 is 4.92 Å². The van der Waals surface area contributed by atoms with Gasteiger partial charge in [-0.05, 0) is 36.3 Å². The molecule has 0 saturated carbocycles. The Balaban J connectivity index is 2.06. The van der Waals surface area contributed by atoms with Gasteiger partial charge >= 0.3 is 0 Å². The van der Waals surface area contributed by atoms with Gasteiger partial charge in [0, 0.05) is 17.8 Å². The van der Waals surface area contributed by atoms with E-state index in [-0.39, 0.29) is 11.6 Å². The molecule has 2 aromatic carbocycles. The number of rotatable bonds is 5. The van der Waals surface area contributed by atoms with Crippen LogP contribution in [0.5, 0.6) is 0 Å². The Kier molecular flexibility index (Phi) is 5.03. The largest absolute Gasteiger partial charge is 0.323 e. The Hall–Kier alpha value is -2.95. The molecule has 0 bridgehead atoms. The summed E-state index contributed by atoms with van der Waals surface area (Å²) in [5, 5.41) is 13.6. The maximum Gasteiger partial charge on any atom is 0.276 e. The summed E-state index contributed by atoms with van der Waals surface area (Å²) >= 11 is 0. The van der Waals surface area contributed by atoms with Gasteiger partial charge in [0.25, 0.3) is 5.69 Å². The number of nitrogens with zero attached hydrogens (tertiary/aromatic N) is 1. The van der Waals surface area contributed by atoms with Gasteiger partial charge in [-0.3, -0.25) is 14.9 Å². The molecule has 0 saturated heterocycles. The number of nitrogens with one attached hydrogen (secondary N) is 1. The van der Waals surface area contributed by atoms with Crippen LogP contribution in [0, 0.1) is 10.1 Å². The first-order valence-corrected chi connectivity index (χ1v) is 6.91. The zero-order valence-corrected chi connectivity index (χ0v) is 12.2. The normalized spacial score (nSPS) is 10.6. The highest BCUT2D eigenvalue weighted by Crippen LogP contribution is 2.19. The maximum atomic E-state index is 11.9. The van der Waals surface area contributed by atoms with Crippen LogP contribution in [0.1, 0.15) is 18.1 Å². The average molecular weight is 296 g/mol. The van der Waals surface area contributed by atoms with E-state index in [2.05, 4.69) is 12.2 Å². The quantitative estimate of drug-likeness (QED) is 0.518. The van der Waals surface area contributed by atoms with Crippen LogP contribution in [-0.2, 0) is 11.2 Å². The van der Waals surface area contributed by atoms with E-state index >= 15 is 0 Å². The first kappa shape index (κ1) is 15.4. The number of aryl methyl sites for hydroxylation is 1. The number of anilines is 1. The fraction of sp³-hybridized carbons (Fsp3) is 0.118. The van der Waals surface area contributed by atoms with Gasteiger partial charge in [0.05, 0.1) is 10.5 Å². The third kappa shape index (κ3) is 4.02. The Morgan fingerprint density at radius 3 is 2.50 bits per heavy atom. The van der Waals surface area contributed by atoms with Crippen molar-refractivity contribution in [3.05, 3.63) is 75.8 Å². The van der Waals surface area contributed by atoms with Crippen LogP contribution < -0.4 is 5.32 Å². The van der Waals surface area contributed by atoms with Crippen LogP contribution >= 0.6 is 0 Å². The van der Waals surface area contributed by atoms with E-state index in [4.69, 9.17) is 0 Å². The topological polar surface area (TPSA) is 72.2 Å². The highest BCUT2D eigenvalue weighted by atomic mass is 16.6. The van der Waals surface area contributed by atoms with E-state index in [0.717, 1.165) is 6.42 Å². The highest BCUT2D eigenvalue weighted by Gasteiger charge is 2.09. The standard InChI is InChI=1S/C17H16N2O3/c1-2-13-7-10-15(11-8-13)18-17(20)12-9-14-5-3-4-6-16(14)19(21)22/h3-12H,2H2,1H3,(H,18,20)/b12-9+.